The monoisotopic (exact) mass is 247 g/mol. The molecule has 0 spiro atoms. The molecule has 0 fully saturated rings. The normalized spacial score (nSPS) is 13.6. The summed E-state index contributed by atoms with van der Waals surface area (Å²) in [6, 6.07) is 0. The summed E-state index contributed by atoms with van der Waals surface area (Å²) in [4.78, 5) is 10.5. The number of aliphatic carboxylic acids is 1. The molecule has 90 valence electrons. The van der Waals surface area contributed by atoms with Gasteiger partial charge in [0.25, 0.3) is 0 Å². The number of H-pyrrole nitrogens is 1. The van der Waals surface area contributed by atoms with Crippen LogP contribution in [0.2, 0.25) is 0 Å². The average Bonchev–Trinajstić information content (AvgIpc) is 2.61. The Balaban J connectivity index is 2.75. The van der Waals surface area contributed by atoms with Gasteiger partial charge in [0.15, 0.2) is 0 Å². The lowest BCUT2D eigenvalue weighted by atomic mass is 10.2. The SMILES string of the molecule is Cc1[nH]ncc1S(=O)(=O)NCC(C)C(=O)O. The lowest BCUT2D eigenvalue weighted by Crippen LogP contribution is -2.31. The number of carboxylic acids is 1. The number of hydrogen-bond donors (Lipinski definition) is 3. The lowest BCUT2D eigenvalue weighted by Gasteiger charge is -2.08. The molecule has 1 heterocycles. The molecule has 16 heavy (non-hydrogen) atoms. The highest BCUT2D eigenvalue weighted by atomic mass is 32.2. The molecule has 0 saturated heterocycles. The third kappa shape index (κ3) is 2.80. The average molecular weight is 247 g/mol. The number of nitrogens with zero attached hydrogens (tertiary/aromatic N) is 1. The second-order valence-electron chi connectivity index (χ2n) is 3.45. The van der Waals surface area contributed by atoms with Crippen LogP contribution in [-0.4, -0.2) is 36.2 Å². The molecule has 0 aliphatic rings. The molecule has 1 aromatic heterocycles. The van der Waals surface area contributed by atoms with Crippen LogP contribution in [0.15, 0.2) is 11.1 Å². The second-order valence-corrected chi connectivity index (χ2v) is 5.19. The highest BCUT2D eigenvalue weighted by Gasteiger charge is 2.20. The summed E-state index contributed by atoms with van der Waals surface area (Å²) in [5, 5.41) is 14.7. The van der Waals surface area contributed by atoms with Crippen LogP contribution < -0.4 is 4.72 Å². The summed E-state index contributed by atoms with van der Waals surface area (Å²) < 4.78 is 25.6. The van der Waals surface area contributed by atoms with Gasteiger partial charge in [-0.05, 0) is 6.92 Å². The van der Waals surface area contributed by atoms with E-state index in [1.165, 1.54) is 13.1 Å². The van der Waals surface area contributed by atoms with Crippen LogP contribution in [0.4, 0.5) is 0 Å². The highest BCUT2D eigenvalue weighted by Crippen LogP contribution is 2.10. The molecule has 1 atom stereocenters. The van der Waals surface area contributed by atoms with E-state index in [0.29, 0.717) is 5.69 Å². The summed E-state index contributed by atoms with van der Waals surface area (Å²) in [6.07, 6.45) is 1.18. The molecule has 0 radical (unpaired) electrons. The molecular formula is C8H13N3O4S. The Morgan fingerprint density at radius 2 is 2.31 bits per heavy atom. The predicted molar refractivity (Wildman–Crippen MR) is 55.3 cm³/mol. The fourth-order valence-corrected chi connectivity index (χ4v) is 2.28. The summed E-state index contributed by atoms with van der Waals surface area (Å²) in [5.74, 6) is -1.83. The second kappa shape index (κ2) is 4.62. The van der Waals surface area contributed by atoms with Crippen molar-refractivity contribution in [3.05, 3.63) is 11.9 Å². The Kier molecular flexibility index (Phi) is 3.66. The molecule has 8 heteroatoms. The molecular weight excluding hydrogens is 234 g/mol. The Morgan fingerprint density at radius 3 is 2.75 bits per heavy atom. The smallest absolute Gasteiger partial charge is 0.307 e. The maximum absolute atomic E-state index is 11.7. The number of nitrogens with one attached hydrogen (secondary N) is 2. The van der Waals surface area contributed by atoms with Crippen molar-refractivity contribution in [2.24, 2.45) is 5.92 Å². The number of aryl methyl sites for hydroxylation is 1. The summed E-state index contributed by atoms with van der Waals surface area (Å²) in [7, 11) is -3.68. The molecule has 3 N–H and O–H groups in total. The number of rotatable bonds is 5. The van der Waals surface area contributed by atoms with Crippen molar-refractivity contribution in [2.45, 2.75) is 18.7 Å². The number of sulfonamides is 1. The predicted octanol–water partition coefficient (Wildman–Crippen LogP) is -0.283. The van der Waals surface area contributed by atoms with E-state index in [4.69, 9.17) is 5.11 Å². The first kappa shape index (κ1) is 12.7. The van der Waals surface area contributed by atoms with Crippen molar-refractivity contribution in [1.29, 1.82) is 0 Å². The van der Waals surface area contributed by atoms with Gasteiger partial charge in [-0.3, -0.25) is 9.89 Å². The van der Waals surface area contributed by atoms with E-state index in [1.807, 2.05) is 0 Å². The molecule has 0 aromatic carbocycles. The van der Waals surface area contributed by atoms with Crippen molar-refractivity contribution in [3.8, 4) is 0 Å². The molecule has 0 amide bonds. The van der Waals surface area contributed by atoms with E-state index in [1.54, 1.807) is 6.92 Å². The number of aromatic amines is 1. The van der Waals surface area contributed by atoms with E-state index < -0.39 is 21.9 Å². The van der Waals surface area contributed by atoms with E-state index >= 15 is 0 Å². The van der Waals surface area contributed by atoms with Gasteiger partial charge in [-0.2, -0.15) is 5.10 Å². The van der Waals surface area contributed by atoms with Gasteiger partial charge in [0.1, 0.15) is 4.90 Å². The summed E-state index contributed by atoms with van der Waals surface area (Å²) in [5.41, 5.74) is 0.412. The van der Waals surface area contributed by atoms with Crippen molar-refractivity contribution >= 4 is 16.0 Å². The van der Waals surface area contributed by atoms with Gasteiger partial charge in [-0.15, -0.1) is 0 Å². The maximum atomic E-state index is 11.7. The molecule has 0 aliphatic carbocycles. The first-order chi connectivity index (χ1) is 7.34. The number of aromatic nitrogens is 2. The van der Waals surface area contributed by atoms with Gasteiger partial charge in [0.05, 0.1) is 17.8 Å². The molecule has 1 rings (SSSR count). The van der Waals surface area contributed by atoms with Gasteiger partial charge < -0.3 is 5.11 Å². The van der Waals surface area contributed by atoms with E-state index in [0.717, 1.165) is 0 Å². The summed E-state index contributed by atoms with van der Waals surface area (Å²) >= 11 is 0. The van der Waals surface area contributed by atoms with Crippen molar-refractivity contribution in [1.82, 2.24) is 14.9 Å². The Hall–Kier alpha value is -1.41. The summed E-state index contributed by atoms with van der Waals surface area (Å²) in [6.45, 7) is 2.84. The minimum absolute atomic E-state index is 0.0325. The quantitative estimate of drug-likeness (QED) is 0.662. The third-order valence-electron chi connectivity index (χ3n) is 2.07. The van der Waals surface area contributed by atoms with Crippen molar-refractivity contribution < 1.29 is 18.3 Å². The van der Waals surface area contributed by atoms with Crippen LogP contribution in [-0.2, 0) is 14.8 Å². The van der Waals surface area contributed by atoms with Gasteiger partial charge in [-0.1, -0.05) is 6.92 Å². The fraction of sp³-hybridized carbons (Fsp3) is 0.500. The number of carbonyl (C=O) groups is 1. The minimum atomic E-state index is -3.68. The van der Waals surface area contributed by atoms with Crippen LogP contribution >= 0.6 is 0 Å². The topological polar surface area (TPSA) is 112 Å². The molecule has 0 aliphatic heterocycles. The zero-order valence-corrected chi connectivity index (χ0v) is 9.71. The van der Waals surface area contributed by atoms with Gasteiger partial charge in [-0.25, -0.2) is 13.1 Å². The standard InChI is InChI=1S/C8H13N3O4S/c1-5(8(12)13)3-10-16(14,15)7-4-9-11-6(7)2/h4-5,10H,3H2,1-2H3,(H,9,11)(H,12,13). The van der Waals surface area contributed by atoms with E-state index in [2.05, 4.69) is 14.9 Å². The van der Waals surface area contributed by atoms with Crippen LogP contribution in [0.1, 0.15) is 12.6 Å². The first-order valence-corrected chi connectivity index (χ1v) is 6.05. The van der Waals surface area contributed by atoms with Gasteiger partial charge in [0.2, 0.25) is 10.0 Å². The minimum Gasteiger partial charge on any atom is -0.481 e. The Bertz CT molecular complexity index is 479. The molecule has 1 aromatic rings. The van der Waals surface area contributed by atoms with Gasteiger partial charge in [0, 0.05) is 6.54 Å². The van der Waals surface area contributed by atoms with E-state index in [-0.39, 0.29) is 11.4 Å². The zero-order chi connectivity index (χ0) is 12.3. The van der Waals surface area contributed by atoms with Crippen molar-refractivity contribution in [2.75, 3.05) is 6.54 Å². The van der Waals surface area contributed by atoms with E-state index in [9.17, 15) is 13.2 Å². The third-order valence-corrected chi connectivity index (χ3v) is 3.61. The Labute approximate surface area is 92.9 Å². The largest absolute Gasteiger partial charge is 0.481 e. The fourth-order valence-electron chi connectivity index (χ4n) is 1.01. The zero-order valence-electron chi connectivity index (χ0n) is 8.89. The van der Waals surface area contributed by atoms with Crippen LogP contribution in [0.5, 0.6) is 0 Å². The molecule has 0 saturated carbocycles. The van der Waals surface area contributed by atoms with Gasteiger partial charge >= 0.3 is 5.97 Å². The Morgan fingerprint density at radius 1 is 1.69 bits per heavy atom. The first-order valence-electron chi connectivity index (χ1n) is 4.57. The number of carboxylic acid groups (broad SMARTS) is 1. The lowest BCUT2D eigenvalue weighted by molar-refractivity contribution is -0.140. The van der Waals surface area contributed by atoms with Crippen LogP contribution in [0, 0.1) is 12.8 Å². The molecule has 1 unspecified atom stereocenters. The maximum Gasteiger partial charge on any atom is 0.307 e. The molecule has 0 bridgehead atoms. The van der Waals surface area contributed by atoms with Crippen LogP contribution in [0.3, 0.4) is 0 Å². The van der Waals surface area contributed by atoms with Crippen LogP contribution in [0.25, 0.3) is 0 Å². The number of hydrogen-bond acceptors (Lipinski definition) is 4. The van der Waals surface area contributed by atoms with Crippen molar-refractivity contribution in [3.63, 3.8) is 0 Å². The molecule has 7 nitrogen and oxygen atoms in total. The highest BCUT2D eigenvalue weighted by molar-refractivity contribution is 7.89.